The fraction of sp³-hybridized carbons (Fsp3) is 0.261. The number of aromatic nitrogens is 2. The Bertz CT molecular complexity index is 1280. The molecule has 8 nitrogen and oxygen atoms in total. The molecule has 9 heteroatoms. The fourth-order valence-corrected chi connectivity index (χ4v) is 5.20. The topological polar surface area (TPSA) is 99.3 Å². The summed E-state index contributed by atoms with van der Waals surface area (Å²) >= 11 is 0. The number of benzene rings is 2. The van der Waals surface area contributed by atoms with Crippen LogP contribution in [0.3, 0.4) is 0 Å². The van der Waals surface area contributed by atoms with Crippen molar-refractivity contribution in [1.82, 2.24) is 14.7 Å². The molecule has 0 N–H and O–H groups in total. The highest BCUT2D eigenvalue weighted by atomic mass is 32.2. The zero-order chi connectivity index (χ0) is 22.7. The summed E-state index contributed by atoms with van der Waals surface area (Å²) in [6.45, 7) is 1.09. The second-order valence-electron chi connectivity index (χ2n) is 7.68. The molecule has 0 saturated carbocycles. The molecule has 0 unspecified atom stereocenters. The van der Waals surface area contributed by atoms with Gasteiger partial charge in [0.15, 0.2) is 5.03 Å². The van der Waals surface area contributed by atoms with Gasteiger partial charge in [-0.3, -0.25) is 13.8 Å². The van der Waals surface area contributed by atoms with Crippen LogP contribution in [-0.4, -0.2) is 35.6 Å². The SMILES string of the molecule is Cn1ccc(S(=O)(=O)N(Cc2ccccc2)c2ccc3c(c2)CCN(C(=O)CC#N)C3)n1. The van der Waals surface area contributed by atoms with Crippen molar-refractivity contribution in [3.8, 4) is 6.07 Å². The van der Waals surface area contributed by atoms with Gasteiger partial charge in [-0.2, -0.15) is 18.8 Å². The summed E-state index contributed by atoms with van der Waals surface area (Å²) in [4.78, 5) is 13.7. The van der Waals surface area contributed by atoms with Crippen molar-refractivity contribution in [3.63, 3.8) is 0 Å². The van der Waals surface area contributed by atoms with Crippen molar-refractivity contribution in [2.45, 2.75) is 31.0 Å². The average molecular weight is 450 g/mol. The Balaban J connectivity index is 1.69. The fourth-order valence-electron chi connectivity index (χ4n) is 3.80. The van der Waals surface area contributed by atoms with Crippen molar-refractivity contribution in [2.24, 2.45) is 7.05 Å². The summed E-state index contributed by atoms with van der Waals surface area (Å²) in [6, 6.07) is 18.3. The van der Waals surface area contributed by atoms with E-state index in [0.29, 0.717) is 25.2 Å². The van der Waals surface area contributed by atoms with Crippen molar-refractivity contribution in [3.05, 3.63) is 77.5 Å². The Morgan fingerprint density at radius 2 is 1.94 bits per heavy atom. The van der Waals surface area contributed by atoms with E-state index in [-0.39, 0.29) is 23.9 Å². The smallest absolute Gasteiger partial charge is 0.283 e. The molecule has 3 aromatic rings. The highest BCUT2D eigenvalue weighted by Gasteiger charge is 2.29. The third-order valence-electron chi connectivity index (χ3n) is 5.49. The van der Waals surface area contributed by atoms with Gasteiger partial charge < -0.3 is 4.90 Å². The molecule has 4 rings (SSSR count). The predicted molar refractivity (Wildman–Crippen MR) is 119 cm³/mol. The monoisotopic (exact) mass is 449 g/mol. The van der Waals surface area contributed by atoms with Crippen molar-refractivity contribution >= 4 is 21.6 Å². The van der Waals surface area contributed by atoms with Gasteiger partial charge in [-0.15, -0.1) is 0 Å². The third kappa shape index (κ3) is 4.36. The van der Waals surface area contributed by atoms with Crippen LogP contribution in [0.15, 0.2) is 65.8 Å². The molecular weight excluding hydrogens is 426 g/mol. The van der Waals surface area contributed by atoms with Gasteiger partial charge in [0.2, 0.25) is 5.91 Å². The lowest BCUT2D eigenvalue weighted by atomic mass is 9.98. The van der Waals surface area contributed by atoms with Gasteiger partial charge in [-0.1, -0.05) is 36.4 Å². The maximum atomic E-state index is 13.5. The summed E-state index contributed by atoms with van der Waals surface area (Å²) in [5, 5.41) is 12.9. The molecule has 2 aromatic carbocycles. The Kier molecular flexibility index (Phi) is 5.97. The number of sulfonamides is 1. The van der Waals surface area contributed by atoms with Crippen LogP contribution in [0, 0.1) is 11.3 Å². The number of rotatable bonds is 6. The van der Waals surface area contributed by atoms with Gasteiger partial charge in [0, 0.05) is 26.3 Å². The van der Waals surface area contributed by atoms with Gasteiger partial charge in [-0.05, 0) is 41.3 Å². The first-order valence-electron chi connectivity index (χ1n) is 10.2. The van der Waals surface area contributed by atoms with Crippen LogP contribution < -0.4 is 4.31 Å². The van der Waals surface area contributed by atoms with Gasteiger partial charge in [0.05, 0.1) is 18.3 Å². The van der Waals surface area contributed by atoms with E-state index in [4.69, 9.17) is 5.26 Å². The van der Waals surface area contributed by atoms with Crippen LogP contribution in [-0.2, 0) is 41.4 Å². The lowest BCUT2D eigenvalue weighted by molar-refractivity contribution is -0.131. The molecule has 0 spiro atoms. The number of hydrogen-bond donors (Lipinski definition) is 0. The number of nitrogens with zero attached hydrogens (tertiary/aromatic N) is 5. The number of anilines is 1. The number of carbonyl (C=O) groups excluding carboxylic acids is 1. The minimum absolute atomic E-state index is 0.0121. The Morgan fingerprint density at radius 3 is 2.62 bits per heavy atom. The summed E-state index contributed by atoms with van der Waals surface area (Å²) in [5.74, 6) is -0.189. The molecule has 2 heterocycles. The Morgan fingerprint density at radius 1 is 1.16 bits per heavy atom. The number of fused-ring (bicyclic) bond motifs is 1. The molecule has 0 fully saturated rings. The predicted octanol–water partition coefficient (Wildman–Crippen LogP) is 2.61. The van der Waals surface area contributed by atoms with E-state index in [1.807, 2.05) is 48.5 Å². The number of aryl methyl sites for hydroxylation is 1. The number of amides is 1. The van der Waals surface area contributed by atoms with Crippen LogP contribution >= 0.6 is 0 Å². The molecule has 0 atom stereocenters. The average Bonchev–Trinajstić information content (AvgIpc) is 3.25. The molecule has 164 valence electrons. The molecule has 0 aliphatic carbocycles. The molecule has 1 amide bonds. The molecule has 1 aliphatic rings. The standard InChI is InChI=1S/C23H23N5O3S/c1-26-13-11-22(25-26)32(30,31)28(16-18-5-3-2-4-6-18)21-8-7-20-17-27(23(29)9-12-24)14-10-19(20)15-21/h2-8,11,13,15H,9-10,14,16-17H2,1H3. The van der Waals surface area contributed by atoms with Gasteiger partial charge in [-0.25, -0.2) is 0 Å². The largest absolute Gasteiger partial charge is 0.337 e. The first-order chi connectivity index (χ1) is 15.4. The lowest BCUT2D eigenvalue weighted by Crippen LogP contribution is -2.36. The number of nitriles is 1. The first-order valence-corrected chi connectivity index (χ1v) is 11.7. The lowest BCUT2D eigenvalue weighted by Gasteiger charge is -2.30. The van der Waals surface area contributed by atoms with Crippen molar-refractivity contribution in [1.29, 1.82) is 5.26 Å². The molecule has 32 heavy (non-hydrogen) atoms. The quantitative estimate of drug-likeness (QED) is 0.576. The minimum atomic E-state index is -3.89. The second kappa shape index (κ2) is 8.85. The van der Waals surface area contributed by atoms with E-state index in [9.17, 15) is 13.2 Å². The number of carbonyl (C=O) groups is 1. The van der Waals surface area contributed by atoms with Crippen molar-refractivity contribution in [2.75, 3.05) is 10.8 Å². The molecule has 1 aliphatic heterocycles. The van der Waals surface area contributed by atoms with Crippen molar-refractivity contribution < 1.29 is 13.2 Å². The van der Waals surface area contributed by atoms with E-state index < -0.39 is 10.0 Å². The van der Waals surface area contributed by atoms with Gasteiger partial charge in [0.25, 0.3) is 10.0 Å². The maximum Gasteiger partial charge on any atom is 0.283 e. The van der Waals surface area contributed by atoms with E-state index >= 15 is 0 Å². The van der Waals surface area contributed by atoms with Gasteiger partial charge in [0.1, 0.15) is 6.42 Å². The van der Waals surface area contributed by atoms with Crippen LogP contribution in [0.4, 0.5) is 5.69 Å². The zero-order valence-electron chi connectivity index (χ0n) is 17.7. The van der Waals surface area contributed by atoms with E-state index in [1.165, 1.54) is 15.1 Å². The summed E-state index contributed by atoms with van der Waals surface area (Å²) in [6.07, 6.45) is 2.07. The molecule has 0 bridgehead atoms. The third-order valence-corrected chi connectivity index (χ3v) is 7.15. The molecular formula is C23H23N5O3S. The summed E-state index contributed by atoms with van der Waals surface area (Å²) < 4.78 is 29.8. The van der Waals surface area contributed by atoms with E-state index in [1.54, 1.807) is 24.2 Å². The van der Waals surface area contributed by atoms with Crippen LogP contribution in [0.2, 0.25) is 0 Å². The van der Waals surface area contributed by atoms with Crippen LogP contribution in [0.5, 0.6) is 0 Å². The van der Waals surface area contributed by atoms with Crippen LogP contribution in [0.25, 0.3) is 0 Å². The van der Waals surface area contributed by atoms with Gasteiger partial charge >= 0.3 is 0 Å². The molecule has 0 saturated heterocycles. The van der Waals surface area contributed by atoms with E-state index in [0.717, 1.165) is 16.7 Å². The number of hydrogen-bond acceptors (Lipinski definition) is 5. The highest BCUT2D eigenvalue weighted by Crippen LogP contribution is 2.30. The molecule has 0 radical (unpaired) electrons. The Labute approximate surface area is 187 Å². The summed E-state index contributed by atoms with van der Waals surface area (Å²) in [5.41, 5.74) is 3.37. The first kappa shape index (κ1) is 21.6. The molecule has 1 aromatic heterocycles. The normalized spacial score (nSPS) is 13.3. The maximum absolute atomic E-state index is 13.5. The van der Waals surface area contributed by atoms with E-state index in [2.05, 4.69) is 5.10 Å². The highest BCUT2D eigenvalue weighted by molar-refractivity contribution is 7.92. The summed E-state index contributed by atoms with van der Waals surface area (Å²) in [7, 11) is -2.21. The zero-order valence-corrected chi connectivity index (χ0v) is 18.5. The Hall–Kier alpha value is -3.64. The second-order valence-corrected chi connectivity index (χ2v) is 9.49. The minimum Gasteiger partial charge on any atom is -0.337 e. The van der Waals surface area contributed by atoms with Crippen LogP contribution in [0.1, 0.15) is 23.1 Å².